The number of aromatic nitrogens is 1. The summed E-state index contributed by atoms with van der Waals surface area (Å²) in [5.74, 6) is -0.485. The highest BCUT2D eigenvalue weighted by atomic mass is 16.5. The van der Waals surface area contributed by atoms with Gasteiger partial charge in [-0.25, -0.2) is 0 Å². The maximum Gasteiger partial charge on any atom is 0.322 e. The van der Waals surface area contributed by atoms with E-state index in [0.29, 0.717) is 62.9 Å². The predicted molar refractivity (Wildman–Crippen MR) is 234 cm³/mol. The number of aliphatic hydroxyl groups is 3. The minimum atomic E-state index is -2.18. The summed E-state index contributed by atoms with van der Waals surface area (Å²) in [6.07, 6.45) is 11.0. The first-order chi connectivity index (χ1) is 29.3. The molecule has 4 fully saturated rings. The smallest absolute Gasteiger partial charge is 0.322 e. The zero-order valence-corrected chi connectivity index (χ0v) is 36.6. The van der Waals surface area contributed by atoms with E-state index in [1.807, 2.05) is 37.1 Å². The van der Waals surface area contributed by atoms with Crippen LogP contribution in [0.1, 0.15) is 100 Å². The van der Waals surface area contributed by atoms with E-state index in [-0.39, 0.29) is 18.0 Å². The molecular formula is C49H65N5O7. The number of fused-ring (bicyclic) bond motifs is 6. The van der Waals surface area contributed by atoms with E-state index in [1.165, 1.54) is 7.11 Å². The fourth-order valence-electron chi connectivity index (χ4n) is 14.6. The van der Waals surface area contributed by atoms with Crippen LogP contribution in [0.5, 0.6) is 5.75 Å². The quantitative estimate of drug-likeness (QED) is 0.168. The SMILES string of the molecule is CC[C@]1(O)C[C@H]2CN(CCc3c([nH]c4ccccc34)[C@@](C(=O)OC)(c3cc4c(cc3OC)N(C)[C@H]3[C@@](O)(C(=O)NC5CCCCC5)[C@H](O)[C@]5(CC)C=CCN6CC[C@]43[C@@H]65)C2)C1. The van der Waals surface area contributed by atoms with Gasteiger partial charge in [-0.2, -0.15) is 0 Å². The lowest BCUT2D eigenvalue weighted by atomic mass is 9.47. The number of para-hydroxylation sites is 1. The van der Waals surface area contributed by atoms with Crippen LogP contribution in [0.3, 0.4) is 0 Å². The number of carbonyl (C=O) groups is 2. The summed E-state index contributed by atoms with van der Waals surface area (Å²) < 4.78 is 12.4. The lowest BCUT2D eigenvalue weighted by molar-refractivity contribution is -0.204. The molecule has 1 spiro atoms. The summed E-state index contributed by atoms with van der Waals surface area (Å²) in [7, 11) is 5.04. The summed E-state index contributed by atoms with van der Waals surface area (Å²) in [6, 6.07) is 11.3. The molecule has 2 saturated heterocycles. The molecule has 1 amide bonds. The standard InChI is InChI=1S/C49H65N5O7/c1-6-45(58)26-30-27-48(44(57)61-5,39-33(18-22-53(28-30)29-45)32-16-11-12-17-36(32)51-39)35-24-34-37(25-38(35)60-4)52(3)41-47(34)20-23-54-21-13-19-46(7-2,40(47)54)42(55)49(41,59)43(56)50-31-14-9-8-10-15-31/h11-13,16-17,19,24-25,30-31,40-42,51,55,58-59H,6-10,14-15,18,20-23,26-29H2,1-5H3,(H,50,56)/t30-,40+,41-,42-,45+,46-,47-,48+,49+/m1/s1. The highest BCUT2D eigenvalue weighted by Gasteiger charge is 2.78. The summed E-state index contributed by atoms with van der Waals surface area (Å²) in [6.45, 7) is 7.56. The molecule has 2 aromatic carbocycles. The van der Waals surface area contributed by atoms with Crippen LogP contribution in [0.25, 0.3) is 10.9 Å². The van der Waals surface area contributed by atoms with Gasteiger partial charge in [0.25, 0.3) is 5.91 Å². The number of nitrogens with zero attached hydrogens (tertiary/aromatic N) is 3. The first kappa shape index (κ1) is 41.1. The van der Waals surface area contributed by atoms with Crippen molar-refractivity contribution in [2.75, 3.05) is 58.9 Å². The van der Waals surface area contributed by atoms with Gasteiger partial charge in [-0.05, 0) is 87.1 Å². The van der Waals surface area contributed by atoms with Gasteiger partial charge in [0.2, 0.25) is 0 Å². The molecular weight excluding hydrogens is 771 g/mol. The summed E-state index contributed by atoms with van der Waals surface area (Å²) in [5.41, 5.74) is -1.03. The first-order valence-corrected chi connectivity index (χ1v) is 23.1. The number of ether oxygens (including phenoxy) is 2. The third kappa shape index (κ3) is 5.53. The van der Waals surface area contributed by atoms with Gasteiger partial charge in [-0.15, -0.1) is 0 Å². The number of carbonyl (C=O) groups excluding carboxylic acids is 2. The molecule has 6 heterocycles. The fourth-order valence-corrected chi connectivity index (χ4v) is 14.6. The number of amides is 1. The lowest BCUT2D eigenvalue weighted by Gasteiger charge is -2.63. The number of methoxy groups -OCH3 is 2. The number of nitrogens with one attached hydrogen (secondary N) is 2. The van der Waals surface area contributed by atoms with Gasteiger partial charge in [0.1, 0.15) is 17.3 Å². The third-order valence-electron chi connectivity index (χ3n) is 17.1. The Morgan fingerprint density at radius 2 is 1.77 bits per heavy atom. The Morgan fingerprint density at radius 1 is 0.984 bits per heavy atom. The van der Waals surface area contributed by atoms with Crippen LogP contribution in [-0.4, -0.2) is 131 Å². The summed E-state index contributed by atoms with van der Waals surface area (Å²) in [4.78, 5) is 41.1. The van der Waals surface area contributed by atoms with Crippen molar-refractivity contribution in [2.45, 2.75) is 131 Å². The molecule has 10 rings (SSSR count). The number of hydrogen-bond donors (Lipinski definition) is 5. The van der Waals surface area contributed by atoms with Gasteiger partial charge in [-0.1, -0.05) is 63.5 Å². The molecule has 2 bridgehead atoms. The highest BCUT2D eigenvalue weighted by Crippen LogP contribution is 2.67. The Labute approximate surface area is 359 Å². The van der Waals surface area contributed by atoms with E-state index >= 15 is 9.59 Å². The van der Waals surface area contributed by atoms with Crippen molar-refractivity contribution in [1.29, 1.82) is 0 Å². The van der Waals surface area contributed by atoms with Crippen LogP contribution < -0.4 is 15.0 Å². The minimum absolute atomic E-state index is 0.0682. The number of benzene rings is 2. The average Bonchev–Trinajstić information content (AvgIpc) is 3.94. The maximum absolute atomic E-state index is 15.4. The molecule has 12 heteroatoms. The topological polar surface area (TPSA) is 151 Å². The van der Waals surface area contributed by atoms with Crippen molar-refractivity contribution in [3.05, 3.63) is 70.9 Å². The Morgan fingerprint density at radius 3 is 2.51 bits per heavy atom. The van der Waals surface area contributed by atoms with Crippen LogP contribution in [-0.2, 0) is 31.6 Å². The molecule has 2 aliphatic carbocycles. The molecule has 3 aromatic rings. The molecule has 10 atom stereocenters. The number of piperidine rings is 1. The van der Waals surface area contributed by atoms with Crippen molar-refractivity contribution in [3.8, 4) is 5.75 Å². The number of aromatic amines is 1. The van der Waals surface area contributed by atoms with Gasteiger partial charge in [0.15, 0.2) is 5.60 Å². The molecule has 5 aliphatic heterocycles. The second-order valence-corrected chi connectivity index (χ2v) is 19.9. The predicted octanol–water partition coefficient (Wildman–Crippen LogP) is 4.70. The molecule has 0 radical (unpaired) electrons. The van der Waals surface area contributed by atoms with Crippen molar-refractivity contribution >= 4 is 28.5 Å². The normalized spacial score (nSPS) is 38.1. The highest BCUT2D eigenvalue weighted by molar-refractivity contribution is 5.95. The monoisotopic (exact) mass is 835 g/mol. The molecule has 2 saturated carbocycles. The van der Waals surface area contributed by atoms with Crippen molar-refractivity contribution in [2.24, 2.45) is 11.3 Å². The molecule has 1 unspecified atom stereocenters. The minimum Gasteiger partial charge on any atom is -0.496 e. The molecule has 12 nitrogen and oxygen atoms in total. The number of rotatable bonds is 7. The summed E-state index contributed by atoms with van der Waals surface area (Å²) >= 11 is 0. The van der Waals surface area contributed by atoms with E-state index < -0.39 is 51.5 Å². The second-order valence-electron chi connectivity index (χ2n) is 19.9. The van der Waals surface area contributed by atoms with Gasteiger partial charge in [0, 0.05) is 90.1 Å². The second kappa shape index (κ2) is 14.6. The number of aliphatic hydroxyl groups excluding tert-OH is 1. The molecule has 61 heavy (non-hydrogen) atoms. The van der Waals surface area contributed by atoms with Crippen molar-refractivity contribution in [3.63, 3.8) is 0 Å². The zero-order chi connectivity index (χ0) is 42.7. The average molecular weight is 836 g/mol. The zero-order valence-electron chi connectivity index (χ0n) is 36.6. The maximum atomic E-state index is 15.4. The van der Waals surface area contributed by atoms with Crippen LogP contribution >= 0.6 is 0 Å². The van der Waals surface area contributed by atoms with E-state index in [1.54, 1.807) is 7.11 Å². The molecule has 1 aromatic heterocycles. The Kier molecular flexibility index (Phi) is 9.80. The number of likely N-dealkylation sites (N-methyl/N-ethyl adjacent to an activating group) is 1. The van der Waals surface area contributed by atoms with E-state index in [2.05, 4.69) is 57.4 Å². The molecule has 5 N–H and O–H groups in total. The lowest BCUT2D eigenvalue weighted by Crippen LogP contribution is -2.82. The third-order valence-corrected chi connectivity index (χ3v) is 17.1. The Hall–Kier alpha value is -3.94. The van der Waals surface area contributed by atoms with Gasteiger partial charge >= 0.3 is 5.97 Å². The number of H-pyrrole nitrogens is 1. The van der Waals surface area contributed by atoms with Gasteiger partial charge < -0.3 is 40.0 Å². The van der Waals surface area contributed by atoms with E-state index in [9.17, 15) is 15.3 Å². The Bertz CT molecular complexity index is 2270. The number of hydrogen-bond acceptors (Lipinski definition) is 10. The number of anilines is 1. The molecule has 7 aliphatic rings. The van der Waals surface area contributed by atoms with Crippen molar-refractivity contribution in [1.82, 2.24) is 20.1 Å². The van der Waals surface area contributed by atoms with Gasteiger partial charge in [-0.3, -0.25) is 19.4 Å². The fraction of sp³-hybridized carbons (Fsp3) is 0.633. The first-order valence-electron chi connectivity index (χ1n) is 23.1. The van der Waals surface area contributed by atoms with Crippen molar-refractivity contribution < 1.29 is 34.4 Å². The largest absolute Gasteiger partial charge is 0.496 e. The number of esters is 1. The summed E-state index contributed by atoms with van der Waals surface area (Å²) in [5, 5.41) is 42.7. The van der Waals surface area contributed by atoms with Crippen LogP contribution in [0.4, 0.5) is 5.69 Å². The van der Waals surface area contributed by atoms with Crippen LogP contribution in [0.2, 0.25) is 0 Å². The van der Waals surface area contributed by atoms with Gasteiger partial charge in [0.05, 0.1) is 25.9 Å². The van der Waals surface area contributed by atoms with E-state index in [0.717, 1.165) is 85.1 Å². The van der Waals surface area contributed by atoms with Crippen LogP contribution in [0, 0.1) is 11.3 Å². The Balaban J connectivity index is 1.24. The van der Waals surface area contributed by atoms with E-state index in [4.69, 9.17) is 9.47 Å². The van der Waals surface area contributed by atoms with Crippen LogP contribution in [0.15, 0.2) is 48.6 Å². The molecule has 328 valence electrons.